The Labute approximate surface area is 126 Å². The molecule has 1 aromatic carbocycles. The molecule has 2 rings (SSSR count). The number of nitrogens with zero attached hydrogens (tertiary/aromatic N) is 1. The third-order valence-electron chi connectivity index (χ3n) is 3.63. The molecular formula is C16H24N2O3. The predicted molar refractivity (Wildman–Crippen MR) is 81.7 cm³/mol. The number of carbonyl (C=O) groups excluding carboxylic acids is 1. The number of methoxy groups -OCH3 is 1. The van der Waals surface area contributed by atoms with E-state index in [-0.39, 0.29) is 5.91 Å². The molecule has 1 aliphatic rings. The van der Waals surface area contributed by atoms with Crippen molar-refractivity contribution in [3.63, 3.8) is 0 Å². The number of carbonyl (C=O) groups is 1. The van der Waals surface area contributed by atoms with E-state index in [1.807, 2.05) is 18.2 Å². The van der Waals surface area contributed by atoms with Crippen molar-refractivity contribution in [3.8, 4) is 11.5 Å². The Hall–Kier alpha value is -1.75. The Bertz CT molecular complexity index is 490. The third kappa shape index (κ3) is 3.88. The quantitative estimate of drug-likeness (QED) is 0.779. The lowest BCUT2D eigenvalue weighted by atomic mass is 10.2. The first-order valence-corrected chi connectivity index (χ1v) is 7.45. The monoisotopic (exact) mass is 292 g/mol. The van der Waals surface area contributed by atoms with Crippen LogP contribution in [0.15, 0.2) is 18.2 Å². The van der Waals surface area contributed by atoms with Gasteiger partial charge in [0.05, 0.1) is 7.11 Å². The van der Waals surface area contributed by atoms with Gasteiger partial charge in [-0.3, -0.25) is 4.79 Å². The highest BCUT2D eigenvalue weighted by atomic mass is 16.5. The van der Waals surface area contributed by atoms with Gasteiger partial charge in [-0.15, -0.1) is 0 Å². The molecule has 1 heterocycles. The van der Waals surface area contributed by atoms with Crippen molar-refractivity contribution in [2.45, 2.75) is 32.4 Å². The van der Waals surface area contributed by atoms with E-state index in [4.69, 9.17) is 9.47 Å². The topological polar surface area (TPSA) is 50.8 Å². The van der Waals surface area contributed by atoms with Crippen LogP contribution in [0.4, 0.5) is 0 Å². The molecule has 0 bridgehead atoms. The molecular weight excluding hydrogens is 268 g/mol. The molecule has 116 valence electrons. The minimum atomic E-state index is -0.400. The molecule has 1 unspecified atom stereocenters. The van der Waals surface area contributed by atoms with Crippen LogP contribution in [0.1, 0.15) is 25.3 Å². The highest BCUT2D eigenvalue weighted by molar-refractivity contribution is 5.83. The fraction of sp³-hybridized carbons (Fsp3) is 0.562. The molecule has 1 saturated heterocycles. The largest absolute Gasteiger partial charge is 0.493 e. The number of hydrogen-bond acceptors (Lipinski definition) is 4. The molecule has 1 aliphatic heterocycles. The highest BCUT2D eigenvalue weighted by Gasteiger charge is 2.31. The van der Waals surface area contributed by atoms with E-state index in [9.17, 15) is 4.79 Å². The Morgan fingerprint density at radius 1 is 1.38 bits per heavy atom. The van der Waals surface area contributed by atoms with Gasteiger partial charge in [-0.05, 0) is 30.7 Å². The number of nitrogens with one attached hydrogen (secondary N) is 1. The second-order valence-corrected chi connectivity index (χ2v) is 5.32. The van der Waals surface area contributed by atoms with Gasteiger partial charge in [0, 0.05) is 26.6 Å². The molecule has 0 aliphatic carbocycles. The Morgan fingerprint density at radius 2 is 2.19 bits per heavy atom. The molecule has 0 radical (unpaired) electrons. The minimum Gasteiger partial charge on any atom is -0.493 e. The van der Waals surface area contributed by atoms with Gasteiger partial charge in [-0.1, -0.05) is 13.0 Å². The first kappa shape index (κ1) is 15.6. The number of amides is 1. The predicted octanol–water partition coefficient (Wildman–Crippen LogP) is 1.80. The van der Waals surface area contributed by atoms with Crippen LogP contribution in [0.2, 0.25) is 0 Å². The Balaban J connectivity index is 2.08. The summed E-state index contributed by atoms with van der Waals surface area (Å²) in [5, 5.41) is 3.35. The van der Waals surface area contributed by atoms with Crippen molar-refractivity contribution in [1.82, 2.24) is 10.2 Å². The zero-order valence-corrected chi connectivity index (χ0v) is 13.0. The van der Waals surface area contributed by atoms with Crippen molar-refractivity contribution in [1.29, 1.82) is 0 Å². The molecule has 5 heteroatoms. The van der Waals surface area contributed by atoms with E-state index in [0.717, 1.165) is 38.0 Å². The maximum absolute atomic E-state index is 12.0. The highest BCUT2D eigenvalue weighted by Crippen LogP contribution is 2.30. The van der Waals surface area contributed by atoms with Crippen LogP contribution >= 0.6 is 0 Å². The summed E-state index contributed by atoms with van der Waals surface area (Å²) < 4.78 is 11.2. The summed E-state index contributed by atoms with van der Waals surface area (Å²) in [5.74, 6) is 1.34. The van der Waals surface area contributed by atoms with Crippen LogP contribution in [0.3, 0.4) is 0 Å². The molecule has 1 atom stereocenters. The van der Waals surface area contributed by atoms with Gasteiger partial charge in [0.25, 0.3) is 5.91 Å². The maximum Gasteiger partial charge on any atom is 0.263 e. The second kappa shape index (κ2) is 7.31. The number of likely N-dealkylation sites (tertiary alicyclic amines) is 1. The van der Waals surface area contributed by atoms with Gasteiger partial charge >= 0.3 is 0 Å². The van der Waals surface area contributed by atoms with Crippen molar-refractivity contribution in [2.24, 2.45) is 0 Å². The molecule has 1 fully saturated rings. The van der Waals surface area contributed by atoms with Gasteiger partial charge in [-0.2, -0.15) is 0 Å². The molecule has 0 aromatic heterocycles. The minimum absolute atomic E-state index is 0.0339. The first-order chi connectivity index (χ1) is 10.2. The van der Waals surface area contributed by atoms with Crippen LogP contribution in [0.5, 0.6) is 11.5 Å². The van der Waals surface area contributed by atoms with E-state index in [1.54, 1.807) is 19.1 Å². The zero-order chi connectivity index (χ0) is 15.2. The average Bonchev–Trinajstić information content (AvgIpc) is 2.80. The molecule has 1 aromatic rings. The van der Waals surface area contributed by atoms with Gasteiger partial charge in [0.15, 0.2) is 17.6 Å². The van der Waals surface area contributed by atoms with Crippen molar-refractivity contribution in [2.75, 3.05) is 27.2 Å². The van der Waals surface area contributed by atoms with Crippen LogP contribution in [-0.2, 0) is 11.3 Å². The average molecular weight is 292 g/mol. The summed E-state index contributed by atoms with van der Waals surface area (Å²) in [4.78, 5) is 13.7. The summed E-state index contributed by atoms with van der Waals surface area (Å²) in [7, 11) is 3.41. The number of benzene rings is 1. The lowest BCUT2D eigenvalue weighted by Gasteiger charge is -2.16. The first-order valence-electron chi connectivity index (χ1n) is 7.45. The molecule has 1 amide bonds. The fourth-order valence-corrected chi connectivity index (χ4v) is 2.39. The maximum atomic E-state index is 12.0. The van der Waals surface area contributed by atoms with Crippen LogP contribution < -0.4 is 14.8 Å². The Morgan fingerprint density at radius 3 is 2.81 bits per heavy atom. The van der Waals surface area contributed by atoms with Gasteiger partial charge in [0.2, 0.25) is 0 Å². The summed E-state index contributed by atoms with van der Waals surface area (Å²) in [6.45, 7) is 4.64. The SMILES string of the molecule is CCCNCc1ccc(OC)c(OC2CCN(C)C2=O)c1. The third-order valence-corrected chi connectivity index (χ3v) is 3.63. The molecule has 1 N–H and O–H groups in total. The van der Waals surface area contributed by atoms with E-state index < -0.39 is 6.10 Å². The van der Waals surface area contributed by atoms with Crippen LogP contribution in [0, 0.1) is 0 Å². The molecule has 0 spiro atoms. The smallest absolute Gasteiger partial charge is 0.263 e. The summed E-state index contributed by atoms with van der Waals surface area (Å²) in [6.07, 6.45) is 1.42. The Kier molecular flexibility index (Phi) is 5.44. The van der Waals surface area contributed by atoms with Gasteiger partial charge < -0.3 is 19.7 Å². The second-order valence-electron chi connectivity index (χ2n) is 5.32. The standard InChI is InChI=1S/C16H24N2O3/c1-4-8-17-11-12-5-6-13(20-3)15(10-12)21-14-7-9-18(2)16(14)19/h5-6,10,14,17H,4,7-9,11H2,1-3H3. The lowest BCUT2D eigenvalue weighted by Crippen LogP contribution is -2.29. The van der Waals surface area contributed by atoms with Crippen molar-refractivity contribution < 1.29 is 14.3 Å². The van der Waals surface area contributed by atoms with Gasteiger partial charge in [0.1, 0.15) is 0 Å². The number of ether oxygens (including phenoxy) is 2. The molecule has 0 saturated carbocycles. The molecule has 21 heavy (non-hydrogen) atoms. The van der Waals surface area contributed by atoms with Crippen molar-refractivity contribution >= 4 is 5.91 Å². The van der Waals surface area contributed by atoms with E-state index in [2.05, 4.69) is 12.2 Å². The summed E-state index contributed by atoms with van der Waals surface area (Å²) >= 11 is 0. The van der Waals surface area contributed by atoms with Gasteiger partial charge in [-0.25, -0.2) is 0 Å². The number of hydrogen-bond donors (Lipinski definition) is 1. The summed E-state index contributed by atoms with van der Waals surface area (Å²) in [5.41, 5.74) is 1.12. The van der Waals surface area contributed by atoms with Crippen LogP contribution in [-0.4, -0.2) is 44.2 Å². The summed E-state index contributed by atoms with van der Waals surface area (Å²) in [6, 6.07) is 5.85. The zero-order valence-electron chi connectivity index (χ0n) is 13.0. The van der Waals surface area contributed by atoms with E-state index in [0.29, 0.717) is 11.5 Å². The number of rotatable bonds is 7. The molecule has 5 nitrogen and oxygen atoms in total. The van der Waals surface area contributed by atoms with Crippen LogP contribution in [0.25, 0.3) is 0 Å². The van der Waals surface area contributed by atoms with E-state index >= 15 is 0 Å². The number of likely N-dealkylation sites (N-methyl/N-ethyl adjacent to an activating group) is 1. The normalized spacial score (nSPS) is 18.1. The fourth-order valence-electron chi connectivity index (χ4n) is 2.39. The lowest BCUT2D eigenvalue weighted by molar-refractivity contribution is -0.132. The van der Waals surface area contributed by atoms with Crippen molar-refractivity contribution in [3.05, 3.63) is 23.8 Å². The van der Waals surface area contributed by atoms with E-state index in [1.165, 1.54) is 0 Å².